The molecule has 2 unspecified atom stereocenters. The van der Waals surface area contributed by atoms with E-state index in [1.165, 1.54) is 52.3 Å². The molecule has 0 saturated heterocycles. The molecule has 2 amide bonds. The summed E-state index contributed by atoms with van der Waals surface area (Å²) in [5, 5.41) is 27.8. The van der Waals surface area contributed by atoms with Crippen molar-refractivity contribution in [1.29, 1.82) is 0 Å². The summed E-state index contributed by atoms with van der Waals surface area (Å²) in [6.07, 6.45) is -0.347. The van der Waals surface area contributed by atoms with Gasteiger partial charge in [0.05, 0.1) is 20.5 Å². The second-order valence-corrected chi connectivity index (χ2v) is 19.2. The topological polar surface area (TPSA) is 222 Å². The van der Waals surface area contributed by atoms with Gasteiger partial charge in [0.15, 0.2) is 24.3 Å². The maximum atomic E-state index is 14.0. The molecule has 50 heavy (non-hydrogen) atoms. The number of halogens is 1. The molecule has 2 heterocycles. The fourth-order valence-electron chi connectivity index (χ4n) is 4.60. The van der Waals surface area contributed by atoms with E-state index in [2.05, 4.69) is 15.5 Å². The predicted molar refractivity (Wildman–Crippen MR) is 191 cm³/mol. The van der Waals surface area contributed by atoms with Gasteiger partial charge in [-0.1, -0.05) is 70.7 Å². The standard InChI is InChI=1S/C29H27ClN6O9S5/c1-16(49(2,41)42)47-29-34-33-28(48-29)46-15-17-7-10-24(23(13-17)36(39)40)45-25(27(38)35-12-11-18-5-3-4-6-22(18)35)26(37)32-21-14-19(50(31,43)44)8-9-20(21)30/h3-10,13-14,16,25H,11-12,15H2,1-2H3,(H,32,37)(H2,31,43,44). The van der Waals surface area contributed by atoms with E-state index in [9.17, 15) is 36.5 Å². The number of nitro groups is 1. The van der Waals surface area contributed by atoms with E-state index in [-0.39, 0.29) is 33.7 Å². The molecule has 0 radical (unpaired) electrons. The normalized spacial score (nSPS) is 14.1. The third kappa shape index (κ3) is 8.92. The summed E-state index contributed by atoms with van der Waals surface area (Å²) in [7, 11) is -7.47. The summed E-state index contributed by atoms with van der Waals surface area (Å²) < 4.78 is 53.5. The molecule has 0 saturated carbocycles. The van der Waals surface area contributed by atoms with E-state index in [0.29, 0.717) is 26.4 Å². The lowest BCUT2D eigenvalue weighted by Crippen LogP contribution is -2.48. The van der Waals surface area contributed by atoms with E-state index < -0.39 is 53.0 Å². The van der Waals surface area contributed by atoms with Crippen LogP contribution in [0.4, 0.5) is 17.1 Å². The summed E-state index contributed by atoms with van der Waals surface area (Å²) in [6.45, 7) is 1.76. The van der Waals surface area contributed by atoms with Crippen molar-refractivity contribution in [2.75, 3.05) is 23.0 Å². The number of nitro benzene ring substituents is 1. The molecule has 1 aliphatic heterocycles. The maximum Gasteiger partial charge on any atom is 0.311 e. The Balaban J connectivity index is 1.41. The molecule has 0 spiro atoms. The summed E-state index contributed by atoms with van der Waals surface area (Å²) in [4.78, 5) is 40.2. The van der Waals surface area contributed by atoms with Crippen LogP contribution in [-0.2, 0) is 41.6 Å². The number of primary sulfonamides is 1. The zero-order chi connectivity index (χ0) is 36.4. The number of carbonyl (C=O) groups excluding carboxylic acids is 2. The largest absolute Gasteiger partial charge is 0.463 e. The smallest absolute Gasteiger partial charge is 0.311 e. The van der Waals surface area contributed by atoms with Crippen molar-refractivity contribution >= 4 is 95.2 Å². The number of nitrogens with one attached hydrogen (secondary N) is 1. The van der Waals surface area contributed by atoms with E-state index in [1.54, 1.807) is 25.1 Å². The van der Waals surface area contributed by atoms with Crippen molar-refractivity contribution in [2.24, 2.45) is 5.14 Å². The van der Waals surface area contributed by atoms with Crippen LogP contribution in [0.2, 0.25) is 5.02 Å². The molecule has 264 valence electrons. The molecule has 21 heteroatoms. The Morgan fingerprint density at radius 2 is 1.84 bits per heavy atom. The second kappa shape index (κ2) is 15.2. The van der Waals surface area contributed by atoms with Gasteiger partial charge in [-0.3, -0.25) is 19.7 Å². The van der Waals surface area contributed by atoms with Crippen molar-refractivity contribution < 1.29 is 36.1 Å². The van der Waals surface area contributed by atoms with Crippen LogP contribution in [-0.4, -0.2) is 67.3 Å². The zero-order valence-electron chi connectivity index (χ0n) is 26.0. The molecule has 0 fully saturated rings. The molecule has 3 aromatic carbocycles. The Hall–Kier alpha value is -3.79. The van der Waals surface area contributed by atoms with Gasteiger partial charge in [-0.15, -0.1) is 10.2 Å². The van der Waals surface area contributed by atoms with Crippen molar-refractivity contribution in [1.82, 2.24) is 10.2 Å². The Kier molecular flexibility index (Phi) is 11.4. The highest BCUT2D eigenvalue weighted by Gasteiger charge is 2.38. The van der Waals surface area contributed by atoms with E-state index in [0.717, 1.165) is 35.7 Å². The van der Waals surface area contributed by atoms with Crippen molar-refractivity contribution in [2.45, 2.75) is 43.4 Å². The van der Waals surface area contributed by atoms with Crippen LogP contribution >= 0.6 is 46.5 Å². The lowest BCUT2D eigenvalue weighted by molar-refractivity contribution is -0.386. The number of hydrogen-bond donors (Lipinski definition) is 2. The van der Waals surface area contributed by atoms with Crippen molar-refractivity contribution in [3.63, 3.8) is 0 Å². The minimum absolute atomic E-state index is 0.0673. The average molecular weight is 799 g/mol. The summed E-state index contributed by atoms with van der Waals surface area (Å²) >= 11 is 9.68. The first-order chi connectivity index (χ1) is 23.5. The third-order valence-corrected chi connectivity index (χ3v) is 14.1. The summed E-state index contributed by atoms with van der Waals surface area (Å²) in [5.74, 6) is -2.06. The third-order valence-electron chi connectivity index (χ3n) is 7.22. The number of benzene rings is 3. The zero-order valence-corrected chi connectivity index (χ0v) is 30.8. The van der Waals surface area contributed by atoms with Crippen LogP contribution in [0.25, 0.3) is 0 Å². The lowest BCUT2D eigenvalue weighted by atomic mass is 10.1. The molecular formula is C29H27ClN6O9S5. The highest BCUT2D eigenvalue weighted by atomic mass is 35.5. The SMILES string of the molecule is CC(Sc1nnc(SCc2ccc(OC(C(=O)Nc3cc(S(N)(=O)=O)ccc3Cl)C(=O)N3CCc4ccccc43)c([N+](=O)[O-])c2)s1)S(C)(=O)=O. The van der Waals surface area contributed by atoms with Crippen LogP contribution in [0.3, 0.4) is 0 Å². The highest BCUT2D eigenvalue weighted by molar-refractivity contribution is 8.14. The number of aromatic nitrogens is 2. The molecular weight excluding hydrogens is 772 g/mol. The number of anilines is 2. The Labute approximate surface area is 304 Å². The number of sulfonamides is 1. The first kappa shape index (κ1) is 37.5. The molecule has 4 aromatic rings. The number of para-hydroxylation sites is 1. The minimum Gasteiger partial charge on any atom is -0.463 e. The fraction of sp³-hybridized carbons (Fsp3) is 0.241. The van der Waals surface area contributed by atoms with Crippen LogP contribution in [0.5, 0.6) is 5.75 Å². The predicted octanol–water partition coefficient (Wildman–Crippen LogP) is 4.50. The maximum absolute atomic E-state index is 14.0. The number of carbonyl (C=O) groups is 2. The molecule has 5 rings (SSSR count). The monoisotopic (exact) mass is 798 g/mol. The van der Waals surface area contributed by atoms with Crippen LogP contribution in [0.15, 0.2) is 74.2 Å². The lowest BCUT2D eigenvalue weighted by Gasteiger charge is -2.24. The number of amides is 2. The number of fused-ring (bicyclic) bond motifs is 1. The summed E-state index contributed by atoms with van der Waals surface area (Å²) in [6, 6.07) is 14.4. The van der Waals surface area contributed by atoms with Gasteiger partial charge in [0.2, 0.25) is 10.0 Å². The number of nitrogens with zero attached hydrogens (tertiary/aromatic N) is 4. The quantitative estimate of drug-likeness (QED) is 0.0824. The van der Waals surface area contributed by atoms with Crippen LogP contribution < -0.4 is 20.1 Å². The van der Waals surface area contributed by atoms with E-state index >= 15 is 0 Å². The van der Waals surface area contributed by atoms with Gasteiger partial charge in [0.25, 0.3) is 17.9 Å². The van der Waals surface area contributed by atoms with E-state index in [4.69, 9.17) is 21.5 Å². The van der Waals surface area contributed by atoms with Gasteiger partial charge in [-0.2, -0.15) is 0 Å². The van der Waals surface area contributed by atoms with Crippen molar-refractivity contribution in [3.05, 3.63) is 86.9 Å². The molecule has 1 aromatic heterocycles. The molecule has 0 bridgehead atoms. The first-order valence-electron chi connectivity index (χ1n) is 14.3. The Morgan fingerprint density at radius 3 is 2.54 bits per heavy atom. The van der Waals surface area contributed by atoms with Crippen LogP contribution in [0, 0.1) is 10.1 Å². The molecule has 3 N–H and O–H groups in total. The van der Waals surface area contributed by atoms with Crippen molar-refractivity contribution in [3.8, 4) is 5.75 Å². The first-order valence-corrected chi connectivity index (χ1v) is 20.9. The van der Waals surface area contributed by atoms with Gasteiger partial charge in [-0.05, 0) is 54.8 Å². The Morgan fingerprint density at radius 1 is 1.12 bits per heavy atom. The average Bonchev–Trinajstić information content (AvgIpc) is 3.69. The number of nitrogens with two attached hydrogens (primary N) is 1. The Bertz CT molecular complexity index is 2200. The molecule has 0 aliphatic carbocycles. The highest BCUT2D eigenvalue weighted by Crippen LogP contribution is 2.37. The summed E-state index contributed by atoms with van der Waals surface area (Å²) in [5.41, 5.74) is 1.16. The van der Waals surface area contributed by atoms with E-state index in [1.807, 2.05) is 6.07 Å². The minimum atomic E-state index is -4.18. The molecule has 2 atom stereocenters. The molecule has 15 nitrogen and oxygen atoms in total. The van der Waals surface area contributed by atoms with Gasteiger partial charge >= 0.3 is 5.69 Å². The number of sulfone groups is 1. The second-order valence-electron chi connectivity index (χ2n) is 10.7. The van der Waals surface area contributed by atoms with Gasteiger partial charge in [0.1, 0.15) is 4.58 Å². The molecule has 1 aliphatic rings. The van der Waals surface area contributed by atoms with Crippen LogP contribution in [0.1, 0.15) is 18.1 Å². The number of rotatable bonds is 13. The van der Waals surface area contributed by atoms with Gasteiger partial charge in [0, 0.05) is 30.3 Å². The number of hydrogen-bond acceptors (Lipinski definition) is 14. The van der Waals surface area contributed by atoms with Gasteiger partial charge < -0.3 is 15.0 Å². The fourth-order valence-corrected chi connectivity index (χ4v) is 9.38. The van der Waals surface area contributed by atoms with Gasteiger partial charge in [-0.25, -0.2) is 22.0 Å². The number of ether oxygens (including phenoxy) is 1. The number of thioether (sulfide) groups is 2.